The number of aromatic amines is 1. The van der Waals surface area contributed by atoms with Crippen LogP contribution in [0.1, 0.15) is 16.8 Å². The Bertz CT molecular complexity index is 666. The van der Waals surface area contributed by atoms with Crippen LogP contribution in [0.4, 0.5) is 0 Å². The van der Waals surface area contributed by atoms with Gasteiger partial charge >= 0.3 is 5.97 Å². The highest BCUT2D eigenvalue weighted by atomic mass is 16.5. The van der Waals surface area contributed by atoms with Crippen molar-refractivity contribution >= 4 is 22.9 Å². The van der Waals surface area contributed by atoms with Gasteiger partial charge in [0.1, 0.15) is 11.0 Å². The summed E-state index contributed by atoms with van der Waals surface area (Å²) in [7, 11) is 1.37. The lowest BCUT2D eigenvalue weighted by atomic mass is 10.1. The molecule has 1 aliphatic heterocycles. The molecular weight excluding hydrogens is 260 g/mol. The number of likely N-dealkylation sites (tertiary alicyclic amines) is 1. The molecule has 2 aromatic rings. The van der Waals surface area contributed by atoms with Crippen molar-refractivity contribution in [3.8, 4) is 0 Å². The smallest absolute Gasteiger partial charge is 0.310 e. The highest BCUT2D eigenvalue weighted by molar-refractivity contribution is 5.97. The molecule has 1 saturated heterocycles. The first-order valence-electron chi connectivity index (χ1n) is 6.36. The predicted molar refractivity (Wildman–Crippen MR) is 69.9 cm³/mol. The van der Waals surface area contributed by atoms with E-state index in [1.54, 1.807) is 23.1 Å². The van der Waals surface area contributed by atoms with Crippen molar-refractivity contribution in [2.45, 2.75) is 6.42 Å². The summed E-state index contributed by atoms with van der Waals surface area (Å²) in [6, 6.07) is 5.17. The second-order valence-electron chi connectivity index (χ2n) is 4.79. The molecule has 1 aliphatic rings. The van der Waals surface area contributed by atoms with E-state index in [-0.39, 0.29) is 17.8 Å². The molecule has 20 heavy (non-hydrogen) atoms. The van der Waals surface area contributed by atoms with Gasteiger partial charge in [-0.05, 0) is 24.6 Å². The third-order valence-corrected chi connectivity index (χ3v) is 3.57. The fourth-order valence-electron chi connectivity index (χ4n) is 2.46. The molecule has 2 heterocycles. The minimum atomic E-state index is -0.257. The Morgan fingerprint density at radius 3 is 2.95 bits per heavy atom. The predicted octanol–water partition coefficient (Wildman–Crippen LogP) is 0.593. The molecule has 0 bridgehead atoms. The van der Waals surface area contributed by atoms with Crippen LogP contribution in [0.3, 0.4) is 0 Å². The SMILES string of the molecule is COC(=O)C1CCN(C(=O)c2ccc3n[nH]nc3c2)C1. The summed E-state index contributed by atoms with van der Waals surface area (Å²) >= 11 is 0. The van der Waals surface area contributed by atoms with Crippen molar-refractivity contribution in [3.05, 3.63) is 23.8 Å². The first kappa shape index (κ1) is 12.6. The monoisotopic (exact) mass is 274 g/mol. The average Bonchev–Trinajstić information content (AvgIpc) is 3.13. The standard InChI is InChI=1S/C13H14N4O3/c1-20-13(19)9-4-5-17(7-9)12(18)8-2-3-10-11(6-8)15-16-14-10/h2-3,6,9H,4-5,7H2,1H3,(H,14,15,16). The second kappa shape index (κ2) is 4.92. The second-order valence-corrected chi connectivity index (χ2v) is 4.79. The molecule has 1 atom stereocenters. The number of nitrogens with one attached hydrogen (secondary N) is 1. The van der Waals surface area contributed by atoms with Gasteiger partial charge in [0.15, 0.2) is 0 Å². The molecule has 3 rings (SSSR count). The number of rotatable bonds is 2. The van der Waals surface area contributed by atoms with Crippen molar-refractivity contribution in [1.82, 2.24) is 20.3 Å². The molecule has 7 nitrogen and oxygen atoms in total. The number of H-pyrrole nitrogens is 1. The van der Waals surface area contributed by atoms with E-state index in [4.69, 9.17) is 4.74 Å². The molecule has 0 aliphatic carbocycles. The van der Waals surface area contributed by atoms with Crippen LogP contribution in [-0.4, -0.2) is 52.4 Å². The van der Waals surface area contributed by atoms with Gasteiger partial charge in [-0.15, -0.1) is 0 Å². The first-order valence-corrected chi connectivity index (χ1v) is 6.36. The number of carbonyl (C=O) groups is 2. The van der Waals surface area contributed by atoms with E-state index in [9.17, 15) is 9.59 Å². The Balaban J connectivity index is 1.77. The van der Waals surface area contributed by atoms with E-state index in [1.165, 1.54) is 7.11 Å². The Morgan fingerprint density at radius 2 is 2.15 bits per heavy atom. The molecule has 1 N–H and O–H groups in total. The van der Waals surface area contributed by atoms with E-state index < -0.39 is 0 Å². The Kier molecular flexibility index (Phi) is 3.09. The number of amides is 1. The maximum absolute atomic E-state index is 12.4. The summed E-state index contributed by atoms with van der Waals surface area (Å²) in [6.07, 6.45) is 0.643. The number of methoxy groups -OCH3 is 1. The number of aromatic nitrogens is 3. The summed E-state index contributed by atoms with van der Waals surface area (Å²) < 4.78 is 4.72. The van der Waals surface area contributed by atoms with Gasteiger partial charge in [-0.3, -0.25) is 9.59 Å². The molecule has 0 spiro atoms. The molecule has 7 heteroatoms. The third kappa shape index (κ3) is 2.11. The molecular formula is C13H14N4O3. The lowest BCUT2D eigenvalue weighted by Gasteiger charge is -2.16. The molecule has 1 unspecified atom stereocenters. The zero-order chi connectivity index (χ0) is 14.1. The maximum atomic E-state index is 12.4. The van der Waals surface area contributed by atoms with Crippen molar-refractivity contribution in [2.24, 2.45) is 5.92 Å². The summed E-state index contributed by atoms with van der Waals surface area (Å²) in [4.78, 5) is 25.5. The number of hydrogen-bond acceptors (Lipinski definition) is 5. The average molecular weight is 274 g/mol. The van der Waals surface area contributed by atoms with Gasteiger partial charge < -0.3 is 9.64 Å². The van der Waals surface area contributed by atoms with Crippen LogP contribution in [0.2, 0.25) is 0 Å². The molecule has 1 fully saturated rings. The Hall–Kier alpha value is -2.44. The number of carbonyl (C=O) groups excluding carboxylic acids is 2. The van der Waals surface area contributed by atoms with Gasteiger partial charge in [0.2, 0.25) is 0 Å². The lowest BCUT2D eigenvalue weighted by molar-refractivity contribution is -0.144. The van der Waals surface area contributed by atoms with E-state index in [1.807, 2.05) is 0 Å². The topological polar surface area (TPSA) is 88.2 Å². The van der Waals surface area contributed by atoms with Crippen LogP contribution < -0.4 is 0 Å². The molecule has 0 radical (unpaired) electrons. The van der Waals surface area contributed by atoms with E-state index in [0.29, 0.717) is 30.6 Å². The fourth-order valence-corrected chi connectivity index (χ4v) is 2.46. The maximum Gasteiger partial charge on any atom is 0.310 e. The van der Waals surface area contributed by atoms with Crippen LogP contribution in [0, 0.1) is 5.92 Å². The number of ether oxygens (including phenoxy) is 1. The number of hydrogen-bond donors (Lipinski definition) is 1. The number of benzene rings is 1. The van der Waals surface area contributed by atoms with E-state index in [0.717, 1.165) is 5.52 Å². The van der Waals surface area contributed by atoms with E-state index >= 15 is 0 Å². The highest BCUT2D eigenvalue weighted by Gasteiger charge is 2.32. The number of esters is 1. The van der Waals surface area contributed by atoms with Gasteiger partial charge in [0, 0.05) is 18.7 Å². The Labute approximate surface area is 114 Å². The number of nitrogens with zero attached hydrogens (tertiary/aromatic N) is 3. The van der Waals surface area contributed by atoms with Gasteiger partial charge in [0.05, 0.1) is 13.0 Å². The van der Waals surface area contributed by atoms with Crippen LogP contribution in [0.5, 0.6) is 0 Å². The lowest BCUT2D eigenvalue weighted by Crippen LogP contribution is -2.30. The quantitative estimate of drug-likeness (QED) is 0.810. The largest absolute Gasteiger partial charge is 0.469 e. The summed E-state index contributed by atoms with van der Waals surface area (Å²) in [5, 5.41) is 10.4. The zero-order valence-corrected chi connectivity index (χ0v) is 11.0. The van der Waals surface area contributed by atoms with Crippen molar-refractivity contribution in [2.75, 3.05) is 20.2 Å². The van der Waals surface area contributed by atoms with Crippen molar-refractivity contribution < 1.29 is 14.3 Å². The summed E-state index contributed by atoms with van der Waals surface area (Å²) in [5.74, 6) is -0.576. The van der Waals surface area contributed by atoms with Gasteiger partial charge in [0.25, 0.3) is 5.91 Å². The fraction of sp³-hybridized carbons (Fsp3) is 0.385. The zero-order valence-electron chi connectivity index (χ0n) is 11.0. The van der Waals surface area contributed by atoms with E-state index in [2.05, 4.69) is 15.4 Å². The summed E-state index contributed by atoms with van der Waals surface area (Å²) in [5.41, 5.74) is 1.92. The van der Waals surface area contributed by atoms with Crippen LogP contribution in [0.15, 0.2) is 18.2 Å². The van der Waals surface area contributed by atoms with Crippen LogP contribution >= 0.6 is 0 Å². The van der Waals surface area contributed by atoms with Crippen LogP contribution in [-0.2, 0) is 9.53 Å². The normalized spacial score (nSPS) is 18.4. The third-order valence-electron chi connectivity index (χ3n) is 3.57. The van der Waals surface area contributed by atoms with Gasteiger partial charge in [-0.1, -0.05) is 0 Å². The molecule has 1 aromatic heterocycles. The molecule has 1 aromatic carbocycles. The van der Waals surface area contributed by atoms with Gasteiger partial charge in [-0.2, -0.15) is 15.4 Å². The highest BCUT2D eigenvalue weighted by Crippen LogP contribution is 2.21. The van der Waals surface area contributed by atoms with Crippen molar-refractivity contribution in [1.29, 1.82) is 0 Å². The van der Waals surface area contributed by atoms with Crippen LogP contribution in [0.25, 0.3) is 11.0 Å². The molecule has 104 valence electrons. The first-order chi connectivity index (χ1) is 9.69. The Morgan fingerprint density at radius 1 is 1.35 bits per heavy atom. The van der Waals surface area contributed by atoms with Crippen molar-refractivity contribution in [3.63, 3.8) is 0 Å². The number of fused-ring (bicyclic) bond motifs is 1. The summed E-state index contributed by atoms with van der Waals surface area (Å²) in [6.45, 7) is 0.970. The minimum Gasteiger partial charge on any atom is -0.469 e. The molecule has 1 amide bonds. The minimum absolute atomic E-state index is 0.0960. The molecule has 0 saturated carbocycles. The van der Waals surface area contributed by atoms with Gasteiger partial charge in [-0.25, -0.2) is 0 Å².